The van der Waals surface area contributed by atoms with Gasteiger partial charge in [-0.3, -0.25) is 0 Å². The van der Waals surface area contributed by atoms with E-state index in [1.165, 1.54) is 0 Å². The molecule has 3 aromatic heterocycles. The van der Waals surface area contributed by atoms with Crippen LogP contribution in [0.25, 0.3) is 33.7 Å². The van der Waals surface area contributed by atoms with E-state index in [0.29, 0.717) is 12.4 Å². The normalized spacial score (nSPS) is 11.1. The van der Waals surface area contributed by atoms with Crippen LogP contribution in [0.5, 0.6) is 0 Å². The minimum absolute atomic E-state index is 0.611. The quantitative estimate of drug-likeness (QED) is 0.402. The van der Waals surface area contributed by atoms with Gasteiger partial charge < -0.3 is 9.73 Å². The Kier molecular flexibility index (Phi) is 4.72. The van der Waals surface area contributed by atoms with E-state index < -0.39 is 0 Å². The van der Waals surface area contributed by atoms with Crippen molar-refractivity contribution in [3.05, 3.63) is 76.6 Å². The largest absolute Gasteiger partial charge is 0.436 e. The molecule has 0 fully saturated rings. The maximum Gasteiger partial charge on any atom is 0.226 e. The Hall–Kier alpha value is -3.58. The molecule has 0 saturated heterocycles. The molecule has 3 heterocycles. The molecule has 0 unspecified atom stereocenters. The summed E-state index contributed by atoms with van der Waals surface area (Å²) in [7, 11) is 0. The topological polar surface area (TPSA) is 76.7 Å². The van der Waals surface area contributed by atoms with Gasteiger partial charge in [-0.15, -0.1) is 11.3 Å². The van der Waals surface area contributed by atoms with Crippen molar-refractivity contribution in [2.24, 2.45) is 0 Å². The Morgan fingerprint density at radius 1 is 0.967 bits per heavy atom. The lowest BCUT2D eigenvalue weighted by Crippen LogP contribution is -2.03. The molecule has 30 heavy (non-hydrogen) atoms. The van der Waals surface area contributed by atoms with Gasteiger partial charge in [-0.05, 0) is 44.2 Å². The molecule has 0 amide bonds. The highest BCUT2D eigenvalue weighted by Gasteiger charge is 2.15. The summed E-state index contributed by atoms with van der Waals surface area (Å²) >= 11 is 1.64. The number of aromatic nitrogens is 4. The van der Waals surface area contributed by atoms with E-state index in [1.54, 1.807) is 17.7 Å². The van der Waals surface area contributed by atoms with E-state index in [9.17, 15) is 0 Å². The lowest BCUT2D eigenvalue weighted by molar-refractivity contribution is 0.588. The minimum atomic E-state index is 0.611. The Morgan fingerprint density at radius 3 is 2.63 bits per heavy atom. The van der Waals surface area contributed by atoms with Gasteiger partial charge in [0.05, 0.1) is 28.5 Å². The molecule has 0 aliphatic rings. The Labute approximate surface area is 177 Å². The van der Waals surface area contributed by atoms with Gasteiger partial charge >= 0.3 is 0 Å². The maximum absolute atomic E-state index is 6.13. The van der Waals surface area contributed by atoms with Gasteiger partial charge in [-0.2, -0.15) is 0 Å². The van der Waals surface area contributed by atoms with Gasteiger partial charge in [0, 0.05) is 21.9 Å². The number of fused-ring (bicyclic) bond motifs is 1. The van der Waals surface area contributed by atoms with Crippen molar-refractivity contribution in [2.45, 2.75) is 20.4 Å². The summed E-state index contributed by atoms with van der Waals surface area (Å²) in [5, 5.41) is 7.43. The Balaban J connectivity index is 1.51. The molecule has 0 atom stereocenters. The van der Waals surface area contributed by atoms with Crippen molar-refractivity contribution in [1.29, 1.82) is 0 Å². The fourth-order valence-electron chi connectivity index (χ4n) is 3.37. The van der Waals surface area contributed by atoms with Gasteiger partial charge in [-0.25, -0.2) is 19.9 Å². The maximum atomic E-state index is 6.13. The van der Waals surface area contributed by atoms with Crippen LogP contribution in [0, 0.1) is 13.8 Å². The van der Waals surface area contributed by atoms with Gasteiger partial charge in [0.1, 0.15) is 12.1 Å². The van der Waals surface area contributed by atoms with E-state index in [1.807, 2.05) is 62.4 Å². The molecule has 0 aliphatic carbocycles. The number of hydrogen-bond acceptors (Lipinski definition) is 7. The monoisotopic (exact) mass is 413 g/mol. The molecule has 0 radical (unpaired) electrons. The first kappa shape index (κ1) is 18.4. The minimum Gasteiger partial charge on any atom is -0.436 e. The molecule has 0 bridgehead atoms. The molecule has 0 aliphatic heterocycles. The first-order valence-corrected chi connectivity index (χ1v) is 10.5. The van der Waals surface area contributed by atoms with Crippen LogP contribution in [0.15, 0.2) is 64.7 Å². The first-order valence-electron chi connectivity index (χ1n) is 9.60. The first-order chi connectivity index (χ1) is 14.7. The molecule has 7 heteroatoms. The molecule has 2 aromatic carbocycles. The van der Waals surface area contributed by atoms with Gasteiger partial charge in [0.25, 0.3) is 0 Å². The molecule has 1 N–H and O–H groups in total. The second-order valence-corrected chi connectivity index (χ2v) is 8.03. The van der Waals surface area contributed by atoms with Crippen molar-refractivity contribution in [3.8, 4) is 22.8 Å². The molecule has 148 valence electrons. The Morgan fingerprint density at radius 2 is 1.83 bits per heavy atom. The van der Waals surface area contributed by atoms with Crippen LogP contribution in [0.3, 0.4) is 0 Å². The summed E-state index contributed by atoms with van der Waals surface area (Å²) in [6.45, 7) is 4.57. The highest BCUT2D eigenvalue weighted by atomic mass is 32.1. The number of oxazole rings is 1. The summed E-state index contributed by atoms with van der Waals surface area (Å²) in [5.74, 6) is 2.14. The number of benzene rings is 2. The predicted octanol–water partition coefficient (Wildman–Crippen LogP) is 5.64. The van der Waals surface area contributed by atoms with Crippen molar-refractivity contribution < 1.29 is 4.42 Å². The SMILES string of the molecule is Cc1nc(CNc2ncnc3ccc(-c4oc(-c5ccccc5)nc4C)cc23)cs1. The van der Waals surface area contributed by atoms with Crippen LogP contribution in [0.1, 0.15) is 16.4 Å². The van der Waals surface area contributed by atoms with Crippen LogP contribution < -0.4 is 5.32 Å². The summed E-state index contributed by atoms with van der Waals surface area (Å²) in [4.78, 5) is 18.0. The van der Waals surface area contributed by atoms with Gasteiger partial charge in [0.2, 0.25) is 5.89 Å². The molecule has 6 nitrogen and oxygen atoms in total. The molecular weight excluding hydrogens is 394 g/mol. The zero-order valence-electron chi connectivity index (χ0n) is 16.6. The fraction of sp³-hybridized carbons (Fsp3) is 0.130. The number of nitrogens with zero attached hydrogens (tertiary/aromatic N) is 4. The second kappa shape index (κ2) is 7.68. The smallest absolute Gasteiger partial charge is 0.226 e. The number of hydrogen-bond donors (Lipinski definition) is 1. The third-order valence-electron chi connectivity index (χ3n) is 4.82. The molecule has 0 spiro atoms. The standard InChI is InChI=1S/C23H19N5OS/c1-14-21(29-23(27-14)16-6-4-3-5-7-16)17-8-9-20-19(10-17)22(26-13-25-20)24-11-18-12-30-15(2)28-18/h3-10,12-13H,11H2,1-2H3,(H,24,25,26). The number of thiazole rings is 1. The van der Waals surface area contributed by atoms with Crippen LogP contribution >= 0.6 is 11.3 Å². The van der Waals surface area contributed by atoms with Crippen molar-refractivity contribution in [1.82, 2.24) is 19.9 Å². The fourth-order valence-corrected chi connectivity index (χ4v) is 3.98. The summed E-state index contributed by atoms with van der Waals surface area (Å²) < 4.78 is 6.13. The summed E-state index contributed by atoms with van der Waals surface area (Å²) in [6, 6.07) is 15.9. The van der Waals surface area contributed by atoms with E-state index in [4.69, 9.17) is 4.42 Å². The summed E-state index contributed by atoms with van der Waals surface area (Å²) in [6.07, 6.45) is 1.57. The predicted molar refractivity (Wildman–Crippen MR) is 119 cm³/mol. The Bertz CT molecular complexity index is 1330. The molecule has 5 aromatic rings. The van der Waals surface area contributed by atoms with E-state index in [0.717, 1.165) is 50.0 Å². The summed E-state index contributed by atoms with van der Waals surface area (Å²) in [5.41, 5.74) is 4.61. The molecular formula is C23H19N5OS. The number of rotatable bonds is 5. The van der Waals surface area contributed by atoms with Crippen molar-refractivity contribution in [2.75, 3.05) is 5.32 Å². The molecule has 0 saturated carbocycles. The van der Waals surface area contributed by atoms with Crippen LogP contribution in [-0.2, 0) is 6.54 Å². The van der Waals surface area contributed by atoms with Crippen molar-refractivity contribution in [3.63, 3.8) is 0 Å². The van der Waals surface area contributed by atoms with Gasteiger partial charge in [-0.1, -0.05) is 18.2 Å². The third kappa shape index (κ3) is 3.55. The highest BCUT2D eigenvalue weighted by molar-refractivity contribution is 7.09. The zero-order valence-corrected chi connectivity index (χ0v) is 17.4. The molecule has 5 rings (SSSR count). The number of aryl methyl sites for hydroxylation is 2. The highest BCUT2D eigenvalue weighted by Crippen LogP contribution is 2.32. The van der Waals surface area contributed by atoms with E-state index in [2.05, 4.69) is 30.6 Å². The van der Waals surface area contributed by atoms with Crippen LogP contribution in [0.4, 0.5) is 5.82 Å². The van der Waals surface area contributed by atoms with E-state index in [-0.39, 0.29) is 0 Å². The third-order valence-corrected chi connectivity index (χ3v) is 5.64. The lowest BCUT2D eigenvalue weighted by atomic mass is 10.1. The van der Waals surface area contributed by atoms with Crippen LogP contribution in [0.2, 0.25) is 0 Å². The zero-order chi connectivity index (χ0) is 20.5. The lowest BCUT2D eigenvalue weighted by Gasteiger charge is -2.08. The average molecular weight is 414 g/mol. The van der Waals surface area contributed by atoms with E-state index >= 15 is 0 Å². The van der Waals surface area contributed by atoms with Crippen LogP contribution in [-0.4, -0.2) is 19.9 Å². The second-order valence-electron chi connectivity index (χ2n) is 6.97. The average Bonchev–Trinajstić information content (AvgIpc) is 3.38. The number of nitrogens with one attached hydrogen (secondary N) is 1. The van der Waals surface area contributed by atoms with Crippen molar-refractivity contribution >= 4 is 28.1 Å². The number of anilines is 1. The van der Waals surface area contributed by atoms with Gasteiger partial charge in [0.15, 0.2) is 5.76 Å².